The zero-order chi connectivity index (χ0) is 17.1. The molecular formula is C20H16N4O. The van der Waals surface area contributed by atoms with Crippen LogP contribution < -0.4 is 10.2 Å². The molecule has 4 rings (SSSR count). The topological polar surface area (TPSA) is 58.9 Å². The Labute approximate surface area is 145 Å². The molecule has 0 fully saturated rings. The number of fused-ring (bicyclic) bond motifs is 1. The number of pyridine rings is 1. The lowest BCUT2D eigenvalue weighted by atomic mass is 10.0. The normalized spacial score (nSPS) is 13.0. The second-order valence-corrected chi connectivity index (χ2v) is 5.51. The van der Waals surface area contributed by atoms with Crippen LogP contribution in [0.1, 0.15) is 16.7 Å². The molecule has 0 atom stereocenters. The summed E-state index contributed by atoms with van der Waals surface area (Å²) in [5, 5.41) is 4.62. The molecule has 0 spiro atoms. The molecule has 5 heteroatoms. The van der Waals surface area contributed by atoms with Gasteiger partial charge in [-0.3, -0.25) is 10.4 Å². The van der Waals surface area contributed by atoms with Crippen molar-refractivity contribution in [2.75, 3.05) is 7.11 Å². The minimum Gasteiger partial charge on any atom is -0.497 e. The fourth-order valence-corrected chi connectivity index (χ4v) is 2.69. The Morgan fingerprint density at radius 3 is 2.36 bits per heavy atom. The second kappa shape index (κ2) is 6.57. The molecule has 0 saturated carbocycles. The largest absolute Gasteiger partial charge is 0.497 e. The number of ether oxygens (including phenoxy) is 1. The lowest BCUT2D eigenvalue weighted by Crippen LogP contribution is -2.19. The number of nitrogens with zero attached hydrogens (tertiary/aromatic N) is 3. The number of hydrazone groups is 1. The van der Waals surface area contributed by atoms with Gasteiger partial charge in [0.25, 0.3) is 0 Å². The van der Waals surface area contributed by atoms with E-state index in [0.717, 1.165) is 33.8 Å². The summed E-state index contributed by atoms with van der Waals surface area (Å²) in [4.78, 5) is 8.81. The fraction of sp³-hybridized carbons (Fsp3) is 0.0500. The van der Waals surface area contributed by atoms with Gasteiger partial charge in [0.05, 0.1) is 18.5 Å². The Bertz CT molecular complexity index is 947. The summed E-state index contributed by atoms with van der Waals surface area (Å²) < 4.78 is 5.24. The van der Waals surface area contributed by atoms with Gasteiger partial charge in [0.1, 0.15) is 5.75 Å². The number of nitrogens with one attached hydrogen (secondary N) is 1. The standard InChI is InChI=1S/C20H16N4O/c1-25-16-8-6-14(7-9-16)19-17-4-2-3-5-18(17)22-20(24-23-19)15-10-12-21-13-11-15/h2-13H,1H3,(H,22,24). The molecule has 3 aromatic rings. The summed E-state index contributed by atoms with van der Waals surface area (Å²) in [5.74, 6) is 1.51. The van der Waals surface area contributed by atoms with E-state index < -0.39 is 0 Å². The SMILES string of the molecule is COc1ccc(C2=NNC(c3ccncc3)=Nc3ccccc32)cc1. The highest BCUT2D eigenvalue weighted by atomic mass is 16.5. The van der Waals surface area contributed by atoms with E-state index >= 15 is 0 Å². The van der Waals surface area contributed by atoms with Crippen LogP contribution in [0.25, 0.3) is 0 Å². The maximum absolute atomic E-state index is 5.24. The minimum atomic E-state index is 0.693. The zero-order valence-corrected chi connectivity index (χ0v) is 13.7. The smallest absolute Gasteiger partial charge is 0.154 e. The van der Waals surface area contributed by atoms with E-state index in [9.17, 15) is 0 Å². The van der Waals surface area contributed by atoms with Crippen LogP contribution in [0, 0.1) is 0 Å². The van der Waals surface area contributed by atoms with Crippen LogP contribution in [0.3, 0.4) is 0 Å². The van der Waals surface area contributed by atoms with E-state index in [2.05, 4.69) is 15.5 Å². The molecule has 0 bridgehead atoms. The van der Waals surface area contributed by atoms with Gasteiger partial charge in [-0.15, -0.1) is 0 Å². The Morgan fingerprint density at radius 1 is 0.840 bits per heavy atom. The molecule has 1 aliphatic heterocycles. The molecule has 25 heavy (non-hydrogen) atoms. The molecule has 1 N–H and O–H groups in total. The quantitative estimate of drug-likeness (QED) is 0.800. The molecule has 0 amide bonds. The predicted octanol–water partition coefficient (Wildman–Crippen LogP) is 3.52. The van der Waals surface area contributed by atoms with Crippen LogP contribution in [0.15, 0.2) is 83.2 Å². The molecule has 1 aromatic heterocycles. The highest BCUT2D eigenvalue weighted by molar-refractivity contribution is 6.17. The number of para-hydroxylation sites is 1. The van der Waals surface area contributed by atoms with Crippen LogP contribution in [-0.4, -0.2) is 23.6 Å². The van der Waals surface area contributed by atoms with Gasteiger partial charge in [0, 0.05) is 29.1 Å². The predicted molar refractivity (Wildman–Crippen MR) is 98.6 cm³/mol. The van der Waals surface area contributed by atoms with E-state index in [1.807, 2.05) is 60.7 Å². The van der Waals surface area contributed by atoms with Crippen LogP contribution in [0.4, 0.5) is 5.69 Å². The molecule has 0 saturated heterocycles. The van der Waals surface area contributed by atoms with Gasteiger partial charge in [-0.25, -0.2) is 4.99 Å². The molecule has 5 nitrogen and oxygen atoms in total. The van der Waals surface area contributed by atoms with Gasteiger partial charge in [0.2, 0.25) is 0 Å². The van der Waals surface area contributed by atoms with Gasteiger partial charge >= 0.3 is 0 Å². The van der Waals surface area contributed by atoms with Crippen molar-refractivity contribution in [3.05, 3.63) is 89.7 Å². The summed E-state index contributed by atoms with van der Waals surface area (Å²) in [6.45, 7) is 0. The van der Waals surface area contributed by atoms with E-state index in [1.165, 1.54) is 0 Å². The first-order valence-corrected chi connectivity index (χ1v) is 7.92. The van der Waals surface area contributed by atoms with Crippen molar-refractivity contribution in [1.29, 1.82) is 0 Å². The highest BCUT2D eigenvalue weighted by Gasteiger charge is 2.16. The van der Waals surface area contributed by atoms with Crippen LogP contribution in [0.5, 0.6) is 5.75 Å². The number of rotatable bonds is 3. The monoisotopic (exact) mass is 328 g/mol. The number of amidine groups is 1. The van der Waals surface area contributed by atoms with E-state index in [1.54, 1.807) is 19.5 Å². The van der Waals surface area contributed by atoms with E-state index in [0.29, 0.717) is 5.84 Å². The Kier molecular flexibility index (Phi) is 3.96. The maximum atomic E-state index is 5.24. The van der Waals surface area contributed by atoms with Crippen LogP contribution in [0.2, 0.25) is 0 Å². The third kappa shape index (κ3) is 2.99. The van der Waals surface area contributed by atoms with Gasteiger partial charge in [-0.1, -0.05) is 18.2 Å². The molecule has 1 aliphatic rings. The summed E-state index contributed by atoms with van der Waals surface area (Å²) in [7, 11) is 1.66. The van der Waals surface area contributed by atoms with E-state index in [4.69, 9.17) is 9.73 Å². The number of hydrogen-bond acceptors (Lipinski definition) is 5. The summed E-state index contributed by atoms with van der Waals surface area (Å²) in [5.41, 5.74) is 7.71. The zero-order valence-electron chi connectivity index (χ0n) is 13.7. The van der Waals surface area contributed by atoms with Crippen molar-refractivity contribution in [2.45, 2.75) is 0 Å². The first kappa shape index (κ1) is 15.1. The highest BCUT2D eigenvalue weighted by Crippen LogP contribution is 2.26. The maximum Gasteiger partial charge on any atom is 0.154 e. The number of aliphatic imine (C=N–C) groups is 1. The fourth-order valence-electron chi connectivity index (χ4n) is 2.69. The van der Waals surface area contributed by atoms with Crippen molar-refractivity contribution in [3.8, 4) is 5.75 Å². The Hall–Kier alpha value is -3.47. The molecule has 0 unspecified atom stereocenters. The third-order valence-electron chi connectivity index (χ3n) is 3.98. The molecule has 0 radical (unpaired) electrons. The number of hydrogen-bond donors (Lipinski definition) is 1. The Balaban J connectivity index is 1.81. The lowest BCUT2D eigenvalue weighted by molar-refractivity contribution is 0.415. The first-order valence-electron chi connectivity index (χ1n) is 7.92. The van der Waals surface area contributed by atoms with E-state index in [-0.39, 0.29) is 0 Å². The van der Waals surface area contributed by atoms with Crippen LogP contribution in [-0.2, 0) is 0 Å². The van der Waals surface area contributed by atoms with Crippen molar-refractivity contribution in [2.24, 2.45) is 10.1 Å². The molecule has 0 aliphatic carbocycles. The average molecular weight is 328 g/mol. The van der Waals surface area contributed by atoms with Gasteiger partial charge < -0.3 is 4.74 Å². The second-order valence-electron chi connectivity index (χ2n) is 5.51. The summed E-state index contributed by atoms with van der Waals surface area (Å²) in [6, 6.07) is 19.6. The molecule has 2 aromatic carbocycles. The van der Waals surface area contributed by atoms with Crippen molar-refractivity contribution in [3.63, 3.8) is 0 Å². The number of benzene rings is 2. The van der Waals surface area contributed by atoms with Crippen molar-refractivity contribution in [1.82, 2.24) is 10.4 Å². The molecular weight excluding hydrogens is 312 g/mol. The van der Waals surface area contributed by atoms with Gasteiger partial charge in [0.15, 0.2) is 5.84 Å². The number of aromatic nitrogens is 1. The minimum absolute atomic E-state index is 0.693. The van der Waals surface area contributed by atoms with Crippen molar-refractivity contribution < 1.29 is 4.74 Å². The summed E-state index contributed by atoms with van der Waals surface area (Å²) in [6.07, 6.45) is 3.48. The average Bonchev–Trinajstić information content (AvgIpc) is 2.88. The third-order valence-corrected chi connectivity index (χ3v) is 3.98. The van der Waals surface area contributed by atoms with Crippen LogP contribution >= 0.6 is 0 Å². The first-order chi connectivity index (χ1) is 12.3. The van der Waals surface area contributed by atoms with Crippen molar-refractivity contribution >= 4 is 17.2 Å². The van der Waals surface area contributed by atoms with Gasteiger partial charge in [-0.2, -0.15) is 5.10 Å². The Morgan fingerprint density at radius 2 is 1.60 bits per heavy atom. The van der Waals surface area contributed by atoms with Gasteiger partial charge in [-0.05, 0) is 42.5 Å². The molecule has 2 heterocycles. The lowest BCUT2D eigenvalue weighted by Gasteiger charge is -2.08. The summed E-state index contributed by atoms with van der Waals surface area (Å²) >= 11 is 0. The molecule has 122 valence electrons. The number of methoxy groups -OCH3 is 1.